The first kappa shape index (κ1) is 13.4. The van der Waals surface area contributed by atoms with Crippen LogP contribution in [0, 0.1) is 0 Å². The Labute approximate surface area is 104 Å². The number of nitrogens with one attached hydrogen (secondary N) is 1. The molecule has 0 fully saturated rings. The van der Waals surface area contributed by atoms with E-state index in [1.165, 1.54) is 6.92 Å². The molecule has 1 rings (SSSR count). The van der Waals surface area contributed by atoms with Gasteiger partial charge >= 0.3 is 29.6 Å². The molecule has 1 unspecified atom stereocenters. The molecule has 0 aromatic rings. The summed E-state index contributed by atoms with van der Waals surface area (Å²) in [6, 6.07) is -0.656. The minimum atomic E-state index is -0.656. The van der Waals surface area contributed by atoms with Crippen LogP contribution in [-0.2, 0) is 9.59 Å². The quantitative estimate of drug-likeness (QED) is 0.285. The van der Waals surface area contributed by atoms with Crippen LogP contribution in [0.3, 0.4) is 0 Å². The number of hydrogen-bond acceptors (Lipinski definition) is 3. The number of hydrogen-bond donors (Lipinski definition) is 1. The third kappa shape index (κ3) is 2.47. The van der Waals surface area contributed by atoms with E-state index in [2.05, 4.69) is 5.32 Å². The Kier molecular flexibility index (Phi) is 5.12. The van der Waals surface area contributed by atoms with Crippen LogP contribution in [0.2, 0.25) is 0 Å². The van der Waals surface area contributed by atoms with E-state index in [9.17, 15) is 14.7 Å². The zero-order chi connectivity index (χ0) is 10.0. The van der Waals surface area contributed by atoms with Crippen molar-refractivity contribution in [3.8, 4) is 0 Å². The Morgan fingerprint density at radius 1 is 1.57 bits per heavy atom. The molecule has 1 heterocycles. The maximum absolute atomic E-state index is 11.4. The van der Waals surface area contributed by atoms with Crippen molar-refractivity contribution in [2.24, 2.45) is 0 Å². The Bertz CT molecular complexity index is 320. The van der Waals surface area contributed by atoms with Crippen LogP contribution in [-0.4, -0.2) is 17.7 Å². The summed E-state index contributed by atoms with van der Waals surface area (Å²) in [5, 5.41) is 13.8. The van der Waals surface area contributed by atoms with Crippen LogP contribution in [0.4, 0.5) is 0 Å². The van der Waals surface area contributed by atoms with Crippen LogP contribution < -0.4 is 40.0 Å². The first-order valence-electron chi connectivity index (χ1n) is 3.93. The molecule has 0 bridgehead atoms. The summed E-state index contributed by atoms with van der Waals surface area (Å²) >= 11 is 0. The fraction of sp³-hybridized carbons (Fsp3) is 0.333. The molecular weight excluding hydrogens is 193 g/mol. The molecule has 1 atom stereocenters. The van der Waals surface area contributed by atoms with E-state index in [0.717, 1.165) is 0 Å². The largest absolute Gasteiger partial charge is 1.00 e. The van der Waals surface area contributed by atoms with Gasteiger partial charge in [-0.05, 0) is 13.8 Å². The molecule has 1 N–H and O–H groups in total. The van der Waals surface area contributed by atoms with E-state index in [4.69, 9.17) is 0 Å². The van der Waals surface area contributed by atoms with Crippen LogP contribution in [0.25, 0.3) is 0 Å². The summed E-state index contributed by atoms with van der Waals surface area (Å²) in [6.07, 6.45) is 3.21. The van der Waals surface area contributed by atoms with Crippen molar-refractivity contribution in [1.82, 2.24) is 5.32 Å². The molecule has 1 aliphatic rings. The Morgan fingerprint density at radius 2 is 2.14 bits per heavy atom. The summed E-state index contributed by atoms with van der Waals surface area (Å²) in [5.41, 5.74) is -0.247. The monoisotopic (exact) mass is 203 g/mol. The Hall–Kier alpha value is -0.580. The molecule has 4 nitrogen and oxygen atoms in total. The second kappa shape index (κ2) is 5.34. The van der Waals surface area contributed by atoms with E-state index in [1.807, 2.05) is 0 Å². The molecule has 0 saturated carbocycles. The van der Waals surface area contributed by atoms with Crippen molar-refractivity contribution in [1.29, 1.82) is 0 Å². The van der Waals surface area contributed by atoms with Gasteiger partial charge < -0.3 is 10.4 Å². The van der Waals surface area contributed by atoms with E-state index < -0.39 is 23.5 Å². The Balaban J connectivity index is 0.00000169. The van der Waals surface area contributed by atoms with Crippen molar-refractivity contribution in [3.05, 3.63) is 23.5 Å². The van der Waals surface area contributed by atoms with Crippen LogP contribution in [0.5, 0.6) is 0 Å². The topological polar surface area (TPSA) is 69.2 Å². The third-order valence-electron chi connectivity index (χ3n) is 1.78. The first-order chi connectivity index (χ1) is 6.07. The average molecular weight is 203 g/mol. The zero-order valence-electron chi connectivity index (χ0n) is 8.46. The van der Waals surface area contributed by atoms with Gasteiger partial charge in [0.05, 0.1) is 11.6 Å². The van der Waals surface area contributed by atoms with Crippen LogP contribution in [0.1, 0.15) is 13.8 Å². The maximum Gasteiger partial charge on any atom is 1.00 e. The number of Topliss-reactive ketones (excluding diaryl/α,β-unsaturated/α-hetero) is 1. The molecule has 0 radical (unpaired) electrons. The molecule has 0 aromatic carbocycles. The van der Waals surface area contributed by atoms with E-state index in [-0.39, 0.29) is 35.1 Å². The smallest absolute Gasteiger partial charge is 0.873 e. The molecule has 70 valence electrons. The molecule has 1 aliphatic heterocycles. The van der Waals surface area contributed by atoms with Crippen LogP contribution >= 0.6 is 0 Å². The van der Waals surface area contributed by atoms with E-state index >= 15 is 0 Å². The summed E-state index contributed by atoms with van der Waals surface area (Å²) in [4.78, 5) is 22.0. The summed E-state index contributed by atoms with van der Waals surface area (Å²) in [5.74, 6) is -1.48. The second-order valence-corrected chi connectivity index (χ2v) is 2.77. The number of carbonyl (C=O) groups is 2. The predicted molar refractivity (Wildman–Crippen MR) is 44.5 cm³/mol. The summed E-state index contributed by atoms with van der Waals surface area (Å²) in [7, 11) is 0. The molecule has 0 aromatic heterocycles. The van der Waals surface area contributed by atoms with Gasteiger partial charge in [0.1, 0.15) is 0 Å². The summed E-state index contributed by atoms with van der Waals surface area (Å²) in [6.45, 7) is 2.95. The van der Waals surface area contributed by atoms with Crippen molar-refractivity contribution in [2.45, 2.75) is 19.9 Å². The molecular formula is C9H10NNaO3. The molecule has 0 saturated heterocycles. The van der Waals surface area contributed by atoms with Crippen molar-refractivity contribution in [3.63, 3.8) is 0 Å². The minimum absolute atomic E-state index is 0. The fourth-order valence-corrected chi connectivity index (χ4v) is 1.21. The van der Waals surface area contributed by atoms with Gasteiger partial charge in [0, 0.05) is 0 Å². The maximum atomic E-state index is 11.4. The van der Waals surface area contributed by atoms with Crippen LogP contribution in [0.15, 0.2) is 23.5 Å². The van der Waals surface area contributed by atoms with Crippen molar-refractivity contribution >= 4 is 11.7 Å². The SMILES string of the molecule is CC=CC1NC(=O)C(C(C)=O)=C1[O-].[Na+]. The molecule has 0 spiro atoms. The van der Waals surface area contributed by atoms with E-state index in [1.54, 1.807) is 19.1 Å². The zero-order valence-corrected chi connectivity index (χ0v) is 10.5. The van der Waals surface area contributed by atoms with Gasteiger partial charge in [-0.2, -0.15) is 0 Å². The number of rotatable bonds is 2. The van der Waals surface area contributed by atoms with Crippen molar-refractivity contribution < 1.29 is 44.3 Å². The summed E-state index contributed by atoms with van der Waals surface area (Å²) < 4.78 is 0. The van der Waals surface area contributed by atoms with Gasteiger partial charge in [-0.1, -0.05) is 17.9 Å². The number of carbonyl (C=O) groups excluding carboxylic acids is 2. The van der Waals surface area contributed by atoms with Gasteiger partial charge in [0.15, 0.2) is 5.78 Å². The standard InChI is InChI=1S/C9H11NO3.Na/c1-3-4-6-8(12)7(5(2)11)9(13)10-6;/h3-4,6,12H,1-2H3,(H,10,13);/q;+1/p-1. The third-order valence-corrected chi connectivity index (χ3v) is 1.78. The molecule has 0 aliphatic carbocycles. The number of allylic oxidation sites excluding steroid dienone is 1. The number of ketones is 1. The van der Waals surface area contributed by atoms with Gasteiger partial charge in [-0.3, -0.25) is 9.59 Å². The molecule has 14 heavy (non-hydrogen) atoms. The van der Waals surface area contributed by atoms with E-state index in [0.29, 0.717) is 0 Å². The minimum Gasteiger partial charge on any atom is -0.873 e. The van der Waals surface area contributed by atoms with Gasteiger partial charge in [0.25, 0.3) is 5.91 Å². The van der Waals surface area contributed by atoms with Gasteiger partial charge in [-0.25, -0.2) is 0 Å². The van der Waals surface area contributed by atoms with Gasteiger partial charge in [0.2, 0.25) is 0 Å². The van der Waals surface area contributed by atoms with Gasteiger partial charge in [-0.15, -0.1) is 0 Å². The fourth-order valence-electron chi connectivity index (χ4n) is 1.21. The normalized spacial score (nSPS) is 21.0. The average Bonchev–Trinajstić information content (AvgIpc) is 2.28. The predicted octanol–water partition coefficient (Wildman–Crippen LogP) is -3.73. The molecule has 1 amide bonds. The van der Waals surface area contributed by atoms with Crippen molar-refractivity contribution in [2.75, 3.05) is 0 Å². The number of amides is 1. The first-order valence-corrected chi connectivity index (χ1v) is 3.93. The second-order valence-electron chi connectivity index (χ2n) is 2.77. The molecule has 5 heteroatoms. The Morgan fingerprint density at radius 3 is 2.50 bits per heavy atom.